The number of morpholine rings is 1. The fraction of sp³-hybridized carbons (Fsp3) is 0.929. The largest absolute Gasteiger partial charge is 0.379 e. The number of hydrogen-bond acceptors (Lipinski definition) is 4. The van der Waals surface area contributed by atoms with E-state index in [0.717, 1.165) is 39.3 Å². The van der Waals surface area contributed by atoms with Crippen LogP contribution < -0.4 is 0 Å². The minimum Gasteiger partial charge on any atom is -0.379 e. The van der Waals surface area contributed by atoms with Crippen molar-refractivity contribution in [3.63, 3.8) is 0 Å². The van der Waals surface area contributed by atoms with Gasteiger partial charge in [0.15, 0.2) is 0 Å². The number of carbonyl (C=O) groups is 1. The third-order valence-corrected chi connectivity index (χ3v) is 5.17. The summed E-state index contributed by atoms with van der Waals surface area (Å²) in [5.41, 5.74) is 0.260. The molecule has 0 amide bonds. The number of carbonyl (C=O) groups excluding carboxylic acids is 1. The lowest BCUT2D eigenvalue weighted by Crippen LogP contribution is -2.46. The summed E-state index contributed by atoms with van der Waals surface area (Å²) in [6.45, 7) is 6.87. The van der Waals surface area contributed by atoms with Gasteiger partial charge in [-0.3, -0.25) is 9.69 Å². The molecule has 104 valence electrons. The molecular weight excluding hydrogens is 246 g/mol. The topological polar surface area (TPSA) is 29.5 Å². The smallest absolute Gasteiger partial charge is 0.133 e. The Hall–Kier alpha value is -0.0600. The molecule has 0 radical (unpaired) electrons. The molecule has 2 aliphatic heterocycles. The van der Waals surface area contributed by atoms with E-state index in [4.69, 9.17) is 4.74 Å². The third kappa shape index (κ3) is 3.97. The number of nitrogens with zero attached hydrogens (tertiary/aromatic N) is 1. The summed E-state index contributed by atoms with van der Waals surface area (Å²) < 4.78 is 5.41. The molecule has 4 heteroatoms. The Balaban J connectivity index is 1.96. The minimum absolute atomic E-state index is 0.260. The van der Waals surface area contributed by atoms with E-state index in [0.29, 0.717) is 12.2 Å². The predicted molar refractivity (Wildman–Crippen MR) is 76.2 cm³/mol. The van der Waals surface area contributed by atoms with Gasteiger partial charge >= 0.3 is 0 Å². The highest BCUT2D eigenvalue weighted by atomic mass is 32.2. The second-order valence-corrected chi connectivity index (χ2v) is 6.79. The maximum absolute atomic E-state index is 11.9. The molecule has 0 atom stereocenters. The average molecular weight is 271 g/mol. The molecule has 2 saturated heterocycles. The average Bonchev–Trinajstić information content (AvgIpc) is 2.40. The highest BCUT2D eigenvalue weighted by Crippen LogP contribution is 2.39. The van der Waals surface area contributed by atoms with Crippen molar-refractivity contribution in [1.29, 1.82) is 0 Å². The van der Waals surface area contributed by atoms with Crippen molar-refractivity contribution in [3.8, 4) is 0 Å². The van der Waals surface area contributed by atoms with E-state index in [1.165, 1.54) is 24.3 Å². The zero-order valence-corrected chi connectivity index (χ0v) is 12.3. The van der Waals surface area contributed by atoms with E-state index in [-0.39, 0.29) is 5.41 Å². The molecule has 0 bridgehead atoms. The minimum atomic E-state index is 0.260. The first-order valence-corrected chi connectivity index (χ1v) is 8.29. The Morgan fingerprint density at radius 3 is 2.56 bits per heavy atom. The zero-order chi connectivity index (χ0) is 12.8. The van der Waals surface area contributed by atoms with Gasteiger partial charge in [-0.05, 0) is 29.8 Å². The van der Waals surface area contributed by atoms with Crippen LogP contribution in [0.25, 0.3) is 0 Å². The molecule has 0 aromatic rings. The normalized spacial score (nSPS) is 24.9. The summed E-state index contributed by atoms with van der Waals surface area (Å²) in [4.78, 5) is 14.4. The van der Waals surface area contributed by atoms with Gasteiger partial charge in [-0.15, -0.1) is 0 Å². The van der Waals surface area contributed by atoms with E-state index >= 15 is 0 Å². The number of hydrogen-bond donors (Lipinski definition) is 0. The van der Waals surface area contributed by atoms with Gasteiger partial charge in [0.2, 0.25) is 0 Å². The summed E-state index contributed by atoms with van der Waals surface area (Å²) in [7, 11) is 0. The summed E-state index contributed by atoms with van der Waals surface area (Å²) in [5.74, 6) is 2.89. The molecule has 3 nitrogen and oxygen atoms in total. The SMILES string of the molecule is CCC(=O)CC1(CN2CCOCC2)CCSCC1. The summed E-state index contributed by atoms with van der Waals surface area (Å²) in [6, 6.07) is 0. The second-order valence-electron chi connectivity index (χ2n) is 5.57. The van der Waals surface area contributed by atoms with Gasteiger partial charge in [-0.1, -0.05) is 6.92 Å². The highest BCUT2D eigenvalue weighted by molar-refractivity contribution is 7.99. The zero-order valence-electron chi connectivity index (χ0n) is 11.5. The third-order valence-electron chi connectivity index (χ3n) is 4.18. The first-order valence-electron chi connectivity index (χ1n) is 7.14. The molecule has 2 heterocycles. The summed E-state index contributed by atoms with van der Waals surface area (Å²) >= 11 is 2.04. The maximum Gasteiger partial charge on any atom is 0.133 e. The lowest BCUT2D eigenvalue weighted by atomic mass is 9.76. The number of rotatable bonds is 5. The molecule has 0 aromatic carbocycles. The summed E-state index contributed by atoms with van der Waals surface area (Å²) in [5, 5.41) is 0. The number of ether oxygens (including phenoxy) is 1. The van der Waals surface area contributed by atoms with Crippen molar-refractivity contribution in [2.75, 3.05) is 44.4 Å². The van der Waals surface area contributed by atoms with Gasteiger partial charge in [-0.25, -0.2) is 0 Å². The van der Waals surface area contributed by atoms with Gasteiger partial charge in [0, 0.05) is 32.5 Å². The van der Waals surface area contributed by atoms with Crippen LogP contribution in [-0.4, -0.2) is 55.0 Å². The molecule has 2 fully saturated rings. The monoisotopic (exact) mass is 271 g/mol. The maximum atomic E-state index is 11.9. The Labute approximate surface area is 115 Å². The van der Waals surface area contributed by atoms with Crippen molar-refractivity contribution < 1.29 is 9.53 Å². The quantitative estimate of drug-likeness (QED) is 0.767. The van der Waals surface area contributed by atoms with Crippen molar-refractivity contribution >= 4 is 17.5 Å². The van der Waals surface area contributed by atoms with Gasteiger partial charge in [-0.2, -0.15) is 11.8 Å². The van der Waals surface area contributed by atoms with Crippen LogP contribution in [0.2, 0.25) is 0 Å². The summed E-state index contributed by atoms with van der Waals surface area (Å²) in [6.07, 6.45) is 3.90. The number of thioether (sulfide) groups is 1. The molecule has 0 saturated carbocycles. The van der Waals surface area contributed by atoms with Gasteiger partial charge < -0.3 is 4.74 Å². The van der Waals surface area contributed by atoms with Gasteiger partial charge in [0.25, 0.3) is 0 Å². The van der Waals surface area contributed by atoms with E-state index < -0.39 is 0 Å². The van der Waals surface area contributed by atoms with Crippen molar-refractivity contribution in [3.05, 3.63) is 0 Å². The van der Waals surface area contributed by atoms with Crippen LogP contribution in [0.4, 0.5) is 0 Å². The number of Topliss-reactive ketones (excluding diaryl/α,β-unsaturated/α-hetero) is 1. The first kappa shape index (κ1) is 14.4. The van der Waals surface area contributed by atoms with Crippen molar-refractivity contribution in [1.82, 2.24) is 4.90 Å². The van der Waals surface area contributed by atoms with E-state index in [2.05, 4.69) is 4.90 Å². The van der Waals surface area contributed by atoms with E-state index in [1.54, 1.807) is 0 Å². The highest BCUT2D eigenvalue weighted by Gasteiger charge is 2.36. The standard InChI is InChI=1S/C14H25NO2S/c1-2-13(16)11-14(3-9-18-10-4-14)12-15-5-7-17-8-6-15/h2-12H2,1H3. The van der Waals surface area contributed by atoms with Crippen molar-refractivity contribution in [2.45, 2.75) is 32.6 Å². The van der Waals surface area contributed by atoms with Crippen LogP contribution >= 0.6 is 11.8 Å². The van der Waals surface area contributed by atoms with Crippen LogP contribution in [0.5, 0.6) is 0 Å². The van der Waals surface area contributed by atoms with Gasteiger partial charge in [0.05, 0.1) is 13.2 Å². The molecule has 0 N–H and O–H groups in total. The molecule has 0 unspecified atom stereocenters. The predicted octanol–water partition coefficient (Wildman–Crippen LogP) is 2.20. The molecule has 0 aliphatic carbocycles. The Morgan fingerprint density at radius 1 is 1.28 bits per heavy atom. The molecule has 2 rings (SSSR count). The van der Waals surface area contributed by atoms with Crippen LogP contribution in [0.1, 0.15) is 32.6 Å². The Morgan fingerprint density at radius 2 is 1.94 bits per heavy atom. The van der Waals surface area contributed by atoms with E-state index in [9.17, 15) is 4.79 Å². The van der Waals surface area contributed by atoms with Crippen LogP contribution in [0.15, 0.2) is 0 Å². The molecule has 0 aromatic heterocycles. The van der Waals surface area contributed by atoms with Crippen LogP contribution in [-0.2, 0) is 9.53 Å². The van der Waals surface area contributed by atoms with Crippen LogP contribution in [0, 0.1) is 5.41 Å². The van der Waals surface area contributed by atoms with Gasteiger partial charge in [0.1, 0.15) is 5.78 Å². The fourth-order valence-corrected chi connectivity index (χ4v) is 4.33. The fourth-order valence-electron chi connectivity index (χ4n) is 2.97. The van der Waals surface area contributed by atoms with Crippen molar-refractivity contribution in [2.24, 2.45) is 5.41 Å². The Kier molecular flexibility index (Phi) is 5.52. The lowest BCUT2D eigenvalue weighted by Gasteiger charge is -2.41. The lowest BCUT2D eigenvalue weighted by molar-refractivity contribution is -0.121. The molecule has 0 spiro atoms. The molecule has 2 aliphatic rings. The van der Waals surface area contributed by atoms with Crippen LogP contribution in [0.3, 0.4) is 0 Å². The number of ketones is 1. The Bertz CT molecular complexity index is 271. The molecule has 18 heavy (non-hydrogen) atoms. The first-order chi connectivity index (χ1) is 8.74. The van der Waals surface area contributed by atoms with E-state index in [1.807, 2.05) is 18.7 Å². The molecular formula is C14H25NO2S. The second kappa shape index (κ2) is 6.92.